The molecule has 3 nitrogen and oxygen atoms in total. The zero-order valence-electron chi connectivity index (χ0n) is 10.7. The third-order valence-electron chi connectivity index (χ3n) is 3.09. The summed E-state index contributed by atoms with van der Waals surface area (Å²) in [5.74, 6) is -0.635. The Morgan fingerprint density at radius 3 is 2.71 bits per heavy atom. The molecular weight excluding hydrogens is 214 g/mol. The number of carboxylic acid groups (broad SMARTS) is 1. The summed E-state index contributed by atoms with van der Waals surface area (Å²) in [4.78, 5) is 11.1. The molecule has 0 fully saturated rings. The maximum absolute atomic E-state index is 11.1. The van der Waals surface area contributed by atoms with Gasteiger partial charge in [-0.25, -0.2) is 0 Å². The molecule has 94 valence electrons. The molecule has 0 bridgehead atoms. The van der Waals surface area contributed by atoms with Gasteiger partial charge in [-0.05, 0) is 18.4 Å². The molecule has 0 aromatic heterocycles. The van der Waals surface area contributed by atoms with Crippen molar-refractivity contribution in [2.75, 3.05) is 0 Å². The largest absolute Gasteiger partial charge is 0.480 e. The summed E-state index contributed by atoms with van der Waals surface area (Å²) >= 11 is 0. The number of hydrogen-bond donors (Lipinski definition) is 2. The fraction of sp³-hybridized carbons (Fsp3) is 0.500. The first-order valence-corrected chi connectivity index (χ1v) is 6.06. The number of benzene rings is 1. The highest BCUT2D eigenvalue weighted by molar-refractivity contribution is 5.73. The number of hydrogen-bond acceptors (Lipinski definition) is 2. The lowest BCUT2D eigenvalue weighted by Gasteiger charge is -2.20. The third kappa shape index (κ3) is 4.19. The molecule has 0 saturated heterocycles. The molecule has 1 aromatic rings. The van der Waals surface area contributed by atoms with E-state index in [1.54, 1.807) is 0 Å². The zero-order valence-corrected chi connectivity index (χ0v) is 10.7. The van der Waals surface area contributed by atoms with E-state index in [1.807, 2.05) is 39.0 Å². The maximum atomic E-state index is 11.1. The first-order valence-electron chi connectivity index (χ1n) is 6.06. The standard InChI is InChI=1S/C14H21NO2/c1-4-11(3)13(14(16)17)15-9-12-7-5-6-10(2)8-12/h5-8,11,13,15H,4,9H2,1-3H3,(H,16,17)/t11-,13+/m0/s1. The summed E-state index contributed by atoms with van der Waals surface area (Å²) in [7, 11) is 0. The second kappa shape index (κ2) is 6.40. The van der Waals surface area contributed by atoms with E-state index in [1.165, 1.54) is 5.56 Å². The molecule has 2 N–H and O–H groups in total. The lowest BCUT2D eigenvalue weighted by Crippen LogP contribution is -2.41. The van der Waals surface area contributed by atoms with Crippen LogP contribution in [0.15, 0.2) is 24.3 Å². The van der Waals surface area contributed by atoms with E-state index < -0.39 is 12.0 Å². The highest BCUT2D eigenvalue weighted by Crippen LogP contribution is 2.10. The Morgan fingerprint density at radius 2 is 2.18 bits per heavy atom. The summed E-state index contributed by atoms with van der Waals surface area (Å²) < 4.78 is 0. The van der Waals surface area contributed by atoms with Gasteiger partial charge in [-0.2, -0.15) is 0 Å². The summed E-state index contributed by atoms with van der Waals surface area (Å²) in [6.07, 6.45) is 0.859. The molecule has 2 atom stereocenters. The fourth-order valence-electron chi connectivity index (χ4n) is 1.82. The smallest absolute Gasteiger partial charge is 0.320 e. The minimum atomic E-state index is -0.771. The number of rotatable bonds is 6. The second-order valence-corrected chi connectivity index (χ2v) is 4.57. The van der Waals surface area contributed by atoms with E-state index in [-0.39, 0.29) is 5.92 Å². The second-order valence-electron chi connectivity index (χ2n) is 4.57. The molecule has 0 aliphatic carbocycles. The molecule has 0 unspecified atom stereocenters. The minimum absolute atomic E-state index is 0.136. The Morgan fingerprint density at radius 1 is 1.47 bits per heavy atom. The van der Waals surface area contributed by atoms with Gasteiger partial charge in [0.1, 0.15) is 6.04 Å². The number of nitrogens with one attached hydrogen (secondary N) is 1. The van der Waals surface area contributed by atoms with Gasteiger partial charge in [-0.1, -0.05) is 50.1 Å². The van der Waals surface area contributed by atoms with Crippen molar-refractivity contribution in [1.82, 2.24) is 5.32 Å². The molecule has 3 heteroatoms. The van der Waals surface area contributed by atoms with Crippen molar-refractivity contribution in [1.29, 1.82) is 0 Å². The molecule has 1 aromatic carbocycles. The summed E-state index contributed by atoms with van der Waals surface area (Å²) in [5.41, 5.74) is 2.32. The third-order valence-corrected chi connectivity index (χ3v) is 3.09. The molecular formula is C14H21NO2. The molecule has 0 amide bonds. The van der Waals surface area contributed by atoms with Crippen LogP contribution in [0.1, 0.15) is 31.4 Å². The highest BCUT2D eigenvalue weighted by atomic mass is 16.4. The van der Waals surface area contributed by atoms with Crippen molar-refractivity contribution >= 4 is 5.97 Å². The van der Waals surface area contributed by atoms with Crippen LogP contribution in [0.4, 0.5) is 0 Å². The average molecular weight is 235 g/mol. The fourth-order valence-corrected chi connectivity index (χ4v) is 1.82. The quantitative estimate of drug-likeness (QED) is 0.796. The van der Waals surface area contributed by atoms with Crippen molar-refractivity contribution in [3.63, 3.8) is 0 Å². The number of carbonyl (C=O) groups is 1. The van der Waals surface area contributed by atoms with Crippen LogP contribution in [0.2, 0.25) is 0 Å². The van der Waals surface area contributed by atoms with Gasteiger partial charge in [0.2, 0.25) is 0 Å². The first-order chi connectivity index (χ1) is 8.04. The van der Waals surface area contributed by atoms with E-state index in [0.717, 1.165) is 12.0 Å². The Bertz CT molecular complexity index is 376. The lowest BCUT2D eigenvalue weighted by molar-refractivity contribution is -0.140. The molecule has 1 rings (SSSR count). The number of aryl methyl sites for hydroxylation is 1. The monoisotopic (exact) mass is 235 g/mol. The van der Waals surface area contributed by atoms with Gasteiger partial charge in [-0.3, -0.25) is 4.79 Å². The molecule has 0 saturated carbocycles. The maximum Gasteiger partial charge on any atom is 0.320 e. The van der Waals surface area contributed by atoms with Gasteiger partial charge < -0.3 is 10.4 Å². The van der Waals surface area contributed by atoms with Gasteiger partial charge in [-0.15, -0.1) is 0 Å². The van der Waals surface area contributed by atoms with Crippen molar-refractivity contribution in [2.24, 2.45) is 5.92 Å². The van der Waals surface area contributed by atoms with Crippen LogP contribution in [-0.2, 0) is 11.3 Å². The minimum Gasteiger partial charge on any atom is -0.480 e. The van der Waals surface area contributed by atoms with Crippen molar-refractivity contribution in [3.05, 3.63) is 35.4 Å². The van der Waals surface area contributed by atoms with E-state index in [9.17, 15) is 4.79 Å². The van der Waals surface area contributed by atoms with Crippen LogP contribution >= 0.6 is 0 Å². The molecule has 0 radical (unpaired) electrons. The normalized spacial score (nSPS) is 14.3. The van der Waals surface area contributed by atoms with Gasteiger partial charge in [0, 0.05) is 6.54 Å². The Labute approximate surface area is 103 Å². The summed E-state index contributed by atoms with van der Waals surface area (Å²) in [6, 6.07) is 7.64. The zero-order chi connectivity index (χ0) is 12.8. The number of carboxylic acids is 1. The topological polar surface area (TPSA) is 49.3 Å². The Balaban J connectivity index is 2.61. The van der Waals surface area contributed by atoms with E-state index in [2.05, 4.69) is 11.4 Å². The number of aliphatic carboxylic acids is 1. The van der Waals surface area contributed by atoms with Gasteiger partial charge >= 0.3 is 5.97 Å². The average Bonchev–Trinajstić information content (AvgIpc) is 2.28. The van der Waals surface area contributed by atoms with E-state index in [4.69, 9.17) is 5.11 Å². The van der Waals surface area contributed by atoms with Gasteiger partial charge in [0.15, 0.2) is 0 Å². The molecule has 0 heterocycles. The van der Waals surface area contributed by atoms with Crippen LogP contribution in [-0.4, -0.2) is 17.1 Å². The summed E-state index contributed by atoms with van der Waals surface area (Å²) in [6.45, 7) is 6.60. The first kappa shape index (κ1) is 13.7. The van der Waals surface area contributed by atoms with Crippen LogP contribution in [0.5, 0.6) is 0 Å². The molecule has 17 heavy (non-hydrogen) atoms. The molecule has 0 aliphatic rings. The van der Waals surface area contributed by atoms with Gasteiger partial charge in [0.25, 0.3) is 0 Å². The van der Waals surface area contributed by atoms with Crippen LogP contribution in [0, 0.1) is 12.8 Å². The molecule has 0 spiro atoms. The lowest BCUT2D eigenvalue weighted by atomic mass is 9.99. The van der Waals surface area contributed by atoms with E-state index >= 15 is 0 Å². The van der Waals surface area contributed by atoms with Crippen molar-refractivity contribution in [2.45, 2.75) is 39.8 Å². The Hall–Kier alpha value is -1.35. The van der Waals surface area contributed by atoms with E-state index in [0.29, 0.717) is 6.54 Å². The van der Waals surface area contributed by atoms with Crippen molar-refractivity contribution < 1.29 is 9.90 Å². The van der Waals surface area contributed by atoms with Crippen LogP contribution in [0.25, 0.3) is 0 Å². The molecule has 0 aliphatic heterocycles. The predicted octanol–water partition coefficient (Wildman–Crippen LogP) is 2.58. The Kier molecular flexibility index (Phi) is 5.16. The van der Waals surface area contributed by atoms with Crippen LogP contribution < -0.4 is 5.32 Å². The van der Waals surface area contributed by atoms with Crippen molar-refractivity contribution in [3.8, 4) is 0 Å². The van der Waals surface area contributed by atoms with Gasteiger partial charge in [0.05, 0.1) is 0 Å². The van der Waals surface area contributed by atoms with Crippen LogP contribution in [0.3, 0.4) is 0 Å². The highest BCUT2D eigenvalue weighted by Gasteiger charge is 2.22. The predicted molar refractivity (Wildman–Crippen MR) is 68.9 cm³/mol. The summed E-state index contributed by atoms with van der Waals surface area (Å²) in [5, 5.41) is 12.3. The SMILES string of the molecule is CC[C@H](C)[C@@H](NCc1cccc(C)c1)C(=O)O.